The summed E-state index contributed by atoms with van der Waals surface area (Å²) in [7, 11) is 0. The van der Waals surface area contributed by atoms with Crippen LogP contribution in [0.4, 0.5) is 11.5 Å². The van der Waals surface area contributed by atoms with Crippen molar-refractivity contribution in [2.75, 3.05) is 36.5 Å². The van der Waals surface area contributed by atoms with Crippen LogP contribution in [0.25, 0.3) is 5.69 Å². The van der Waals surface area contributed by atoms with Crippen LogP contribution in [0.15, 0.2) is 42.6 Å². The molecule has 0 unspecified atom stereocenters. The van der Waals surface area contributed by atoms with Gasteiger partial charge in [0.1, 0.15) is 0 Å². The molecule has 9 heteroatoms. The van der Waals surface area contributed by atoms with Gasteiger partial charge >= 0.3 is 0 Å². The molecule has 144 valence electrons. The first-order valence-corrected chi connectivity index (χ1v) is 9.28. The fourth-order valence-electron chi connectivity index (χ4n) is 3.01. The number of hydrogen-bond acceptors (Lipinski definition) is 6. The molecule has 0 aliphatic carbocycles. The van der Waals surface area contributed by atoms with E-state index in [0.29, 0.717) is 35.3 Å². The fourth-order valence-corrected chi connectivity index (χ4v) is 3.19. The number of carbonyl (C=O) groups excluding carboxylic acids is 1. The van der Waals surface area contributed by atoms with Crippen molar-refractivity contribution in [1.82, 2.24) is 20.0 Å². The SMILES string of the molecule is Cc1nn(-c2cccc(Cl)c2)nc1C(=O)Nc1cccnc1N1CCOCC1. The maximum Gasteiger partial charge on any atom is 0.278 e. The van der Waals surface area contributed by atoms with Gasteiger partial charge in [-0.25, -0.2) is 4.98 Å². The number of morpholine rings is 1. The predicted molar refractivity (Wildman–Crippen MR) is 106 cm³/mol. The van der Waals surface area contributed by atoms with E-state index >= 15 is 0 Å². The van der Waals surface area contributed by atoms with Gasteiger partial charge in [0.2, 0.25) is 0 Å². The lowest BCUT2D eigenvalue weighted by Crippen LogP contribution is -2.37. The van der Waals surface area contributed by atoms with Crippen LogP contribution >= 0.6 is 11.6 Å². The first-order valence-electron chi connectivity index (χ1n) is 8.91. The highest BCUT2D eigenvalue weighted by molar-refractivity contribution is 6.30. The van der Waals surface area contributed by atoms with Gasteiger partial charge in [-0.05, 0) is 37.3 Å². The van der Waals surface area contributed by atoms with Crippen LogP contribution in [0, 0.1) is 6.92 Å². The lowest BCUT2D eigenvalue weighted by molar-refractivity contribution is 0.102. The summed E-state index contributed by atoms with van der Waals surface area (Å²) >= 11 is 6.03. The number of hydrogen-bond donors (Lipinski definition) is 1. The first kappa shape index (κ1) is 18.4. The summed E-state index contributed by atoms with van der Waals surface area (Å²) in [4.78, 5) is 20.8. The topological polar surface area (TPSA) is 85.2 Å². The number of anilines is 2. The Kier molecular flexibility index (Phi) is 5.23. The maximum atomic E-state index is 12.9. The van der Waals surface area contributed by atoms with Crippen molar-refractivity contribution >= 4 is 29.0 Å². The van der Waals surface area contributed by atoms with E-state index in [1.54, 1.807) is 37.4 Å². The highest BCUT2D eigenvalue weighted by atomic mass is 35.5. The summed E-state index contributed by atoms with van der Waals surface area (Å²) in [5.41, 5.74) is 2.09. The summed E-state index contributed by atoms with van der Waals surface area (Å²) in [6.45, 7) is 4.47. The van der Waals surface area contributed by atoms with Crippen molar-refractivity contribution in [3.8, 4) is 5.69 Å². The molecule has 0 atom stereocenters. The van der Waals surface area contributed by atoms with Crippen LogP contribution in [0.5, 0.6) is 0 Å². The number of amides is 1. The molecule has 1 aromatic carbocycles. The van der Waals surface area contributed by atoms with Crippen molar-refractivity contribution < 1.29 is 9.53 Å². The van der Waals surface area contributed by atoms with Gasteiger partial charge in [0.25, 0.3) is 5.91 Å². The second kappa shape index (κ2) is 7.95. The Morgan fingerprint density at radius 1 is 1.18 bits per heavy atom. The number of aromatic nitrogens is 4. The zero-order chi connectivity index (χ0) is 19.5. The van der Waals surface area contributed by atoms with Crippen LogP contribution < -0.4 is 10.2 Å². The molecule has 4 rings (SSSR count). The Hall–Kier alpha value is -2.97. The largest absolute Gasteiger partial charge is 0.378 e. The van der Waals surface area contributed by atoms with Crippen LogP contribution in [0.3, 0.4) is 0 Å². The van der Waals surface area contributed by atoms with Gasteiger partial charge in [-0.3, -0.25) is 4.79 Å². The van der Waals surface area contributed by atoms with Crippen molar-refractivity contribution in [3.63, 3.8) is 0 Å². The molecule has 0 radical (unpaired) electrons. The third-order valence-corrected chi connectivity index (χ3v) is 4.62. The number of carbonyl (C=O) groups is 1. The minimum absolute atomic E-state index is 0.247. The van der Waals surface area contributed by atoms with Crippen LogP contribution in [0.1, 0.15) is 16.2 Å². The molecule has 1 saturated heterocycles. The Morgan fingerprint density at radius 2 is 2.00 bits per heavy atom. The quantitative estimate of drug-likeness (QED) is 0.727. The Balaban J connectivity index is 1.58. The fraction of sp³-hybridized carbons (Fsp3) is 0.263. The van der Waals surface area contributed by atoms with E-state index in [-0.39, 0.29) is 11.6 Å². The number of halogens is 1. The van der Waals surface area contributed by atoms with Crippen molar-refractivity contribution in [1.29, 1.82) is 0 Å². The zero-order valence-electron chi connectivity index (χ0n) is 15.3. The average Bonchev–Trinajstić information content (AvgIpc) is 3.11. The lowest BCUT2D eigenvalue weighted by Gasteiger charge is -2.29. The molecular weight excluding hydrogens is 380 g/mol. The predicted octanol–water partition coefficient (Wildman–Crippen LogP) is 2.71. The van der Waals surface area contributed by atoms with Gasteiger partial charge in [-0.2, -0.15) is 9.90 Å². The van der Waals surface area contributed by atoms with E-state index in [2.05, 4.69) is 25.4 Å². The van der Waals surface area contributed by atoms with E-state index in [1.165, 1.54) is 4.80 Å². The molecular formula is C19H19ClN6O2. The van der Waals surface area contributed by atoms with Crippen LogP contribution in [0.2, 0.25) is 5.02 Å². The highest BCUT2D eigenvalue weighted by Crippen LogP contribution is 2.24. The van der Waals surface area contributed by atoms with Crippen LogP contribution in [-0.4, -0.2) is 52.2 Å². The zero-order valence-corrected chi connectivity index (χ0v) is 16.1. The summed E-state index contributed by atoms with van der Waals surface area (Å²) in [5.74, 6) is 0.382. The summed E-state index contributed by atoms with van der Waals surface area (Å²) < 4.78 is 5.39. The van der Waals surface area contributed by atoms with Gasteiger partial charge in [-0.1, -0.05) is 17.7 Å². The Morgan fingerprint density at radius 3 is 2.79 bits per heavy atom. The standard InChI is InChI=1S/C19H19ClN6O2/c1-13-17(24-26(23-13)15-5-2-4-14(20)12-15)19(27)22-16-6-3-7-21-18(16)25-8-10-28-11-9-25/h2-7,12H,8-11H2,1H3,(H,22,27). The molecule has 0 spiro atoms. The lowest BCUT2D eigenvalue weighted by atomic mass is 10.3. The van der Waals surface area contributed by atoms with Crippen molar-refractivity contribution in [2.24, 2.45) is 0 Å². The smallest absolute Gasteiger partial charge is 0.278 e. The molecule has 3 heterocycles. The number of aryl methyl sites for hydroxylation is 1. The second-order valence-electron chi connectivity index (χ2n) is 6.33. The van der Waals surface area contributed by atoms with E-state index in [0.717, 1.165) is 18.9 Å². The van der Waals surface area contributed by atoms with Gasteiger partial charge in [0, 0.05) is 24.3 Å². The van der Waals surface area contributed by atoms with Crippen LogP contribution in [-0.2, 0) is 4.74 Å². The second-order valence-corrected chi connectivity index (χ2v) is 6.77. The molecule has 8 nitrogen and oxygen atoms in total. The van der Waals surface area contributed by atoms with E-state index in [1.807, 2.05) is 12.1 Å². The van der Waals surface area contributed by atoms with E-state index < -0.39 is 0 Å². The Labute approximate surface area is 167 Å². The normalized spacial score (nSPS) is 14.1. The molecule has 1 N–H and O–H groups in total. The van der Waals surface area contributed by atoms with E-state index in [4.69, 9.17) is 16.3 Å². The number of ether oxygens (including phenoxy) is 1. The monoisotopic (exact) mass is 398 g/mol. The number of nitrogens with one attached hydrogen (secondary N) is 1. The highest BCUT2D eigenvalue weighted by Gasteiger charge is 2.21. The van der Waals surface area contributed by atoms with Crippen molar-refractivity contribution in [3.05, 3.63) is 59.0 Å². The maximum absolute atomic E-state index is 12.9. The average molecular weight is 399 g/mol. The van der Waals surface area contributed by atoms with Gasteiger partial charge in [0.05, 0.1) is 30.3 Å². The molecule has 28 heavy (non-hydrogen) atoms. The first-order chi connectivity index (χ1) is 13.6. The summed E-state index contributed by atoms with van der Waals surface area (Å²) in [6.07, 6.45) is 1.71. The summed E-state index contributed by atoms with van der Waals surface area (Å²) in [6, 6.07) is 10.7. The number of pyridine rings is 1. The molecule has 0 saturated carbocycles. The molecule has 1 aliphatic rings. The minimum atomic E-state index is -0.340. The van der Waals surface area contributed by atoms with E-state index in [9.17, 15) is 4.79 Å². The molecule has 1 aliphatic heterocycles. The molecule has 1 fully saturated rings. The molecule has 0 bridgehead atoms. The third kappa shape index (κ3) is 3.83. The number of nitrogens with zero attached hydrogens (tertiary/aromatic N) is 5. The Bertz CT molecular complexity index is 1000. The van der Waals surface area contributed by atoms with Gasteiger partial charge in [0.15, 0.2) is 11.5 Å². The van der Waals surface area contributed by atoms with Crippen molar-refractivity contribution in [2.45, 2.75) is 6.92 Å². The van der Waals surface area contributed by atoms with Gasteiger partial charge < -0.3 is 15.0 Å². The minimum Gasteiger partial charge on any atom is -0.378 e. The number of rotatable bonds is 4. The summed E-state index contributed by atoms with van der Waals surface area (Å²) in [5, 5.41) is 12.2. The molecule has 1 amide bonds. The van der Waals surface area contributed by atoms with Gasteiger partial charge in [-0.15, -0.1) is 5.10 Å². The number of benzene rings is 1. The third-order valence-electron chi connectivity index (χ3n) is 4.38. The molecule has 2 aromatic heterocycles. The molecule has 3 aromatic rings.